The summed E-state index contributed by atoms with van der Waals surface area (Å²) in [5, 5.41) is 11.9. The van der Waals surface area contributed by atoms with Crippen LogP contribution in [-0.2, 0) is 6.54 Å². The Balaban J connectivity index is 2.37. The monoisotopic (exact) mass is 384 g/mol. The van der Waals surface area contributed by atoms with Crippen molar-refractivity contribution in [1.29, 1.82) is 0 Å². The van der Waals surface area contributed by atoms with Crippen molar-refractivity contribution >= 4 is 22.6 Å². The highest BCUT2D eigenvalue weighted by Gasteiger charge is 2.20. The summed E-state index contributed by atoms with van der Waals surface area (Å²) in [4.78, 5) is 0. The van der Waals surface area contributed by atoms with E-state index in [9.17, 15) is 0 Å². The van der Waals surface area contributed by atoms with Gasteiger partial charge in [-0.15, -0.1) is 5.10 Å². The third-order valence-corrected chi connectivity index (χ3v) is 4.18. The summed E-state index contributed by atoms with van der Waals surface area (Å²) in [5.41, 5.74) is 2.44. The van der Waals surface area contributed by atoms with E-state index in [1.807, 2.05) is 10.9 Å². The van der Waals surface area contributed by atoms with E-state index in [2.05, 4.69) is 76.3 Å². The van der Waals surface area contributed by atoms with Gasteiger partial charge in [-0.1, -0.05) is 37.3 Å². The maximum Gasteiger partial charge on any atom is 0.0802 e. The largest absolute Gasteiger partial charge is 0.305 e. The molecule has 2 aromatic rings. The molecule has 0 aliphatic carbocycles. The third-order valence-electron chi connectivity index (χ3n) is 3.19. The zero-order chi connectivity index (χ0) is 14.4. The van der Waals surface area contributed by atoms with E-state index in [1.165, 1.54) is 9.13 Å². The molecular formula is C15H21IN4. The van der Waals surface area contributed by atoms with E-state index in [1.54, 1.807) is 0 Å². The van der Waals surface area contributed by atoms with E-state index >= 15 is 0 Å². The lowest BCUT2D eigenvalue weighted by molar-refractivity contribution is 0.503. The number of benzene rings is 1. The first-order valence-electron chi connectivity index (χ1n) is 7.14. The van der Waals surface area contributed by atoms with Crippen LogP contribution >= 0.6 is 22.6 Å². The van der Waals surface area contributed by atoms with Crippen LogP contribution in [0.3, 0.4) is 0 Å². The van der Waals surface area contributed by atoms with Crippen LogP contribution in [0, 0.1) is 3.57 Å². The Kier molecular flexibility index (Phi) is 5.97. The smallest absolute Gasteiger partial charge is 0.0802 e. The van der Waals surface area contributed by atoms with Crippen molar-refractivity contribution in [3.8, 4) is 0 Å². The van der Waals surface area contributed by atoms with Crippen LogP contribution in [-0.4, -0.2) is 21.5 Å². The fourth-order valence-electron chi connectivity index (χ4n) is 2.25. The number of rotatable bonds is 7. The molecule has 2 rings (SSSR count). The predicted molar refractivity (Wildman–Crippen MR) is 89.6 cm³/mol. The predicted octanol–water partition coefficient (Wildman–Crippen LogP) is 3.38. The van der Waals surface area contributed by atoms with Gasteiger partial charge < -0.3 is 5.32 Å². The van der Waals surface area contributed by atoms with Crippen LogP contribution in [0.5, 0.6) is 0 Å². The van der Waals surface area contributed by atoms with Gasteiger partial charge in [0.25, 0.3) is 0 Å². The van der Waals surface area contributed by atoms with Gasteiger partial charge in [-0.3, -0.25) is 0 Å². The highest BCUT2D eigenvalue weighted by atomic mass is 127. The topological polar surface area (TPSA) is 42.7 Å². The van der Waals surface area contributed by atoms with Crippen molar-refractivity contribution in [2.45, 2.75) is 39.3 Å². The number of hydrogen-bond donors (Lipinski definition) is 1. The first kappa shape index (κ1) is 15.4. The minimum Gasteiger partial charge on any atom is -0.305 e. The van der Waals surface area contributed by atoms with Crippen molar-refractivity contribution < 1.29 is 0 Å². The van der Waals surface area contributed by atoms with Crippen LogP contribution in [0.4, 0.5) is 0 Å². The van der Waals surface area contributed by atoms with Crippen molar-refractivity contribution in [2.75, 3.05) is 6.54 Å². The van der Waals surface area contributed by atoms with Gasteiger partial charge in [-0.2, -0.15) is 0 Å². The molecule has 4 nitrogen and oxygen atoms in total. The first-order valence-corrected chi connectivity index (χ1v) is 8.22. The summed E-state index contributed by atoms with van der Waals surface area (Å²) in [6.45, 7) is 6.23. The SMILES string of the molecule is CCCNC(c1ccccc1I)c1cnnn1CCC. The first-order chi connectivity index (χ1) is 9.77. The normalized spacial score (nSPS) is 12.6. The van der Waals surface area contributed by atoms with Crippen molar-refractivity contribution in [3.63, 3.8) is 0 Å². The molecule has 0 aliphatic rings. The summed E-state index contributed by atoms with van der Waals surface area (Å²) in [5.74, 6) is 0. The minimum absolute atomic E-state index is 0.157. The Morgan fingerprint density at radius 1 is 1.25 bits per heavy atom. The van der Waals surface area contributed by atoms with Gasteiger partial charge in [-0.25, -0.2) is 4.68 Å². The van der Waals surface area contributed by atoms with Gasteiger partial charge in [0, 0.05) is 10.1 Å². The molecule has 0 bridgehead atoms. The van der Waals surface area contributed by atoms with Crippen LogP contribution in [0.15, 0.2) is 30.5 Å². The average Bonchev–Trinajstić information content (AvgIpc) is 2.90. The fraction of sp³-hybridized carbons (Fsp3) is 0.467. The molecule has 1 unspecified atom stereocenters. The van der Waals surface area contributed by atoms with Crippen molar-refractivity contribution in [3.05, 3.63) is 45.3 Å². The number of halogens is 1. The Hall–Kier alpha value is -0.950. The van der Waals surface area contributed by atoms with E-state index in [0.717, 1.165) is 31.6 Å². The molecule has 0 fully saturated rings. The Morgan fingerprint density at radius 3 is 2.75 bits per heavy atom. The second-order valence-corrected chi connectivity index (χ2v) is 5.95. The second-order valence-electron chi connectivity index (χ2n) is 4.79. The van der Waals surface area contributed by atoms with E-state index in [4.69, 9.17) is 0 Å². The summed E-state index contributed by atoms with van der Waals surface area (Å²) >= 11 is 2.40. The molecule has 0 amide bonds. The van der Waals surface area contributed by atoms with E-state index < -0.39 is 0 Å². The summed E-state index contributed by atoms with van der Waals surface area (Å²) in [6, 6.07) is 8.64. The quantitative estimate of drug-likeness (QED) is 0.745. The lowest BCUT2D eigenvalue weighted by Crippen LogP contribution is -2.26. The van der Waals surface area contributed by atoms with Crippen LogP contribution in [0.2, 0.25) is 0 Å². The zero-order valence-corrected chi connectivity index (χ0v) is 14.2. The molecule has 5 heteroatoms. The average molecular weight is 384 g/mol. The maximum atomic E-state index is 4.21. The molecule has 1 N–H and O–H groups in total. The summed E-state index contributed by atoms with van der Waals surface area (Å²) < 4.78 is 3.28. The van der Waals surface area contributed by atoms with Gasteiger partial charge in [0.2, 0.25) is 0 Å². The molecule has 0 radical (unpaired) electrons. The lowest BCUT2D eigenvalue weighted by atomic mass is 10.0. The van der Waals surface area contributed by atoms with Gasteiger partial charge in [0.1, 0.15) is 0 Å². The number of aromatic nitrogens is 3. The zero-order valence-electron chi connectivity index (χ0n) is 12.0. The Morgan fingerprint density at radius 2 is 2.05 bits per heavy atom. The minimum atomic E-state index is 0.157. The van der Waals surface area contributed by atoms with Gasteiger partial charge >= 0.3 is 0 Å². The molecule has 108 valence electrons. The molecule has 1 aromatic heterocycles. The van der Waals surface area contributed by atoms with Crippen molar-refractivity contribution in [2.24, 2.45) is 0 Å². The summed E-state index contributed by atoms with van der Waals surface area (Å²) in [7, 11) is 0. The fourth-order valence-corrected chi connectivity index (χ4v) is 2.95. The maximum absolute atomic E-state index is 4.21. The Labute approximate surface area is 134 Å². The van der Waals surface area contributed by atoms with Gasteiger partial charge in [0.05, 0.1) is 17.9 Å². The van der Waals surface area contributed by atoms with Gasteiger partial charge in [0.15, 0.2) is 0 Å². The molecule has 1 heterocycles. The van der Waals surface area contributed by atoms with Crippen molar-refractivity contribution in [1.82, 2.24) is 20.3 Å². The third kappa shape index (κ3) is 3.58. The molecular weight excluding hydrogens is 363 g/mol. The standard InChI is InChI=1S/C15H21IN4/c1-3-9-17-15(12-7-5-6-8-13(12)16)14-11-18-19-20(14)10-4-2/h5-8,11,15,17H,3-4,9-10H2,1-2H3. The number of nitrogens with zero attached hydrogens (tertiary/aromatic N) is 3. The molecule has 0 aliphatic heterocycles. The van der Waals surface area contributed by atoms with E-state index in [0.29, 0.717) is 0 Å². The highest BCUT2D eigenvalue weighted by molar-refractivity contribution is 14.1. The lowest BCUT2D eigenvalue weighted by Gasteiger charge is -2.21. The van der Waals surface area contributed by atoms with Crippen LogP contribution in [0.25, 0.3) is 0 Å². The van der Waals surface area contributed by atoms with Gasteiger partial charge in [-0.05, 0) is 53.6 Å². The number of hydrogen-bond acceptors (Lipinski definition) is 3. The van der Waals surface area contributed by atoms with E-state index in [-0.39, 0.29) is 6.04 Å². The van der Waals surface area contributed by atoms with Crippen LogP contribution in [0.1, 0.15) is 44.0 Å². The second kappa shape index (κ2) is 7.73. The summed E-state index contributed by atoms with van der Waals surface area (Å²) in [6.07, 6.45) is 4.05. The molecule has 1 atom stereocenters. The number of nitrogens with one attached hydrogen (secondary N) is 1. The highest BCUT2D eigenvalue weighted by Crippen LogP contribution is 2.25. The molecule has 0 spiro atoms. The Bertz CT molecular complexity index is 538. The number of aryl methyl sites for hydroxylation is 1. The molecule has 0 saturated carbocycles. The molecule has 20 heavy (non-hydrogen) atoms. The molecule has 0 saturated heterocycles. The molecule has 1 aromatic carbocycles. The van der Waals surface area contributed by atoms with Crippen LogP contribution < -0.4 is 5.32 Å².